The molecule has 0 radical (unpaired) electrons. The Hall–Kier alpha value is -2.42. The van der Waals surface area contributed by atoms with E-state index in [1.54, 1.807) is 30.3 Å². The van der Waals surface area contributed by atoms with Crippen LogP contribution in [0.4, 0.5) is 0 Å². The smallest absolute Gasteiger partial charge is 0.335 e. The molecular weight excluding hydrogens is 188 g/mol. The van der Waals surface area contributed by atoms with E-state index in [-0.39, 0.29) is 6.47 Å². The maximum atomic E-state index is 10.2. The molecule has 0 aliphatic heterocycles. The minimum absolute atomic E-state index is 0.250. The van der Waals surface area contributed by atoms with E-state index in [4.69, 9.17) is 25.8 Å². The number of rotatable bonds is 1. The van der Waals surface area contributed by atoms with Crippen molar-refractivity contribution in [1.29, 1.82) is 10.8 Å². The van der Waals surface area contributed by atoms with Crippen LogP contribution in [0.2, 0.25) is 0 Å². The molecule has 0 fully saturated rings. The molecule has 0 saturated heterocycles. The van der Waals surface area contributed by atoms with Crippen molar-refractivity contribution in [2.24, 2.45) is 0 Å². The van der Waals surface area contributed by atoms with E-state index in [0.717, 1.165) is 0 Å². The van der Waals surface area contributed by atoms with Crippen molar-refractivity contribution < 1.29 is 19.8 Å². The summed E-state index contributed by atoms with van der Waals surface area (Å²) in [6, 6.07) is 8.30. The Morgan fingerprint density at radius 2 is 1.57 bits per heavy atom. The highest BCUT2D eigenvalue weighted by molar-refractivity contribution is 5.87. The lowest BCUT2D eigenvalue weighted by Crippen LogP contribution is -1.93. The summed E-state index contributed by atoms with van der Waals surface area (Å²) >= 11 is 0. The summed E-state index contributed by atoms with van der Waals surface area (Å²) in [5, 5.41) is 27.3. The van der Waals surface area contributed by atoms with E-state index in [1.165, 1.54) is 0 Å². The van der Waals surface area contributed by atoms with Gasteiger partial charge in [0.2, 0.25) is 0 Å². The fourth-order valence-corrected chi connectivity index (χ4v) is 0.581. The summed E-state index contributed by atoms with van der Waals surface area (Å²) in [4.78, 5) is 18.6. The highest BCUT2D eigenvalue weighted by Gasteiger charge is 1.96. The third-order valence-corrected chi connectivity index (χ3v) is 1.02. The molecule has 0 bridgehead atoms. The van der Waals surface area contributed by atoms with Gasteiger partial charge in [-0.05, 0) is 12.1 Å². The predicted molar refractivity (Wildman–Crippen MR) is 45.5 cm³/mol. The summed E-state index contributed by atoms with van der Waals surface area (Å²) in [6.07, 6.45) is 0. The van der Waals surface area contributed by atoms with Gasteiger partial charge in [0.05, 0.1) is 5.56 Å². The molecule has 6 heteroatoms. The van der Waals surface area contributed by atoms with E-state index in [9.17, 15) is 4.79 Å². The quantitative estimate of drug-likeness (QED) is 0.512. The number of carbonyl (C=O) groups is 2. The third kappa shape index (κ3) is 7.68. The fourth-order valence-electron chi connectivity index (χ4n) is 0.581. The largest absolute Gasteiger partial charge is 0.483 e. The third-order valence-electron chi connectivity index (χ3n) is 1.02. The second-order valence-corrected chi connectivity index (χ2v) is 1.78. The Bertz CT molecular complexity index is 284. The molecule has 0 unspecified atom stereocenters. The zero-order chi connectivity index (χ0) is 11.4. The average molecular weight is 196 g/mol. The molecule has 2 N–H and O–H groups in total. The standard InChI is InChI=1S/C7H6O2.CH2O2.N2/c8-7(9)6-4-2-1-3-5-6;2-1-3;1-2/h1-5H,(H,8,9);1H,(H,2,3);. The molecule has 0 atom stereocenters. The Morgan fingerprint density at radius 1 is 1.21 bits per heavy atom. The van der Waals surface area contributed by atoms with Crippen LogP contribution in [0, 0.1) is 10.8 Å². The number of carboxylic acid groups (broad SMARTS) is 2. The minimum Gasteiger partial charge on any atom is -0.483 e. The highest BCUT2D eigenvalue weighted by Crippen LogP contribution is 1.96. The summed E-state index contributed by atoms with van der Waals surface area (Å²) in [5.74, 6) is -0.879. The number of hydrogen-bond acceptors (Lipinski definition) is 4. The molecule has 74 valence electrons. The fraction of sp³-hybridized carbons (Fsp3) is 0. The Labute approximate surface area is 79.8 Å². The van der Waals surface area contributed by atoms with E-state index < -0.39 is 5.97 Å². The van der Waals surface area contributed by atoms with Crippen molar-refractivity contribution in [3.8, 4) is 0 Å². The first-order valence-corrected chi connectivity index (χ1v) is 3.28. The van der Waals surface area contributed by atoms with Gasteiger partial charge in [0.25, 0.3) is 6.47 Å². The predicted octanol–water partition coefficient (Wildman–Crippen LogP) is 1.12. The van der Waals surface area contributed by atoms with Gasteiger partial charge in [-0.3, -0.25) is 4.79 Å². The molecule has 0 saturated carbocycles. The van der Waals surface area contributed by atoms with Gasteiger partial charge >= 0.3 is 5.97 Å². The van der Waals surface area contributed by atoms with Gasteiger partial charge in [-0.25, -0.2) is 4.79 Å². The molecule has 0 heterocycles. The monoisotopic (exact) mass is 196 g/mol. The molecule has 6 nitrogen and oxygen atoms in total. The molecular formula is C8H8N2O4. The Kier molecular flexibility index (Phi) is 10.7. The van der Waals surface area contributed by atoms with Gasteiger partial charge in [0, 0.05) is 10.8 Å². The molecule has 0 spiro atoms. The van der Waals surface area contributed by atoms with E-state index >= 15 is 0 Å². The second kappa shape index (κ2) is 10.6. The number of hydrogen-bond donors (Lipinski definition) is 2. The molecule has 0 aliphatic carbocycles. The van der Waals surface area contributed by atoms with Gasteiger partial charge in [-0.15, -0.1) is 0 Å². The lowest BCUT2D eigenvalue weighted by Gasteiger charge is -1.88. The molecule has 1 aromatic carbocycles. The second-order valence-electron chi connectivity index (χ2n) is 1.78. The van der Waals surface area contributed by atoms with Gasteiger partial charge in [-0.1, -0.05) is 18.2 Å². The summed E-state index contributed by atoms with van der Waals surface area (Å²) < 4.78 is 0. The molecule has 1 aromatic rings. The number of nitrogens with zero attached hydrogens (tertiary/aromatic N) is 2. The number of carboxylic acids is 1. The van der Waals surface area contributed by atoms with Gasteiger partial charge in [-0.2, -0.15) is 0 Å². The van der Waals surface area contributed by atoms with Crippen LogP contribution < -0.4 is 0 Å². The first kappa shape index (κ1) is 14.1. The molecule has 0 aliphatic rings. The van der Waals surface area contributed by atoms with E-state index in [1.807, 2.05) is 0 Å². The molecule has 14 heavy (non-hydrogen) atoms. The lowest BCUT2D eigenvalue weighted by molar-refractivity contribution is -0.122. The normalized spacial score (nSPS) is 6.71. The lowest BCUT2D eigenvalue weighted by atomic mass is 10.2. The van der Waals surface area contributed by atoms with E-state index in [2.05, 4.69) is 0 Å². The van der Waals surface area contributed by atoms with Crippen molar-refractivity contribution in [3.63, 3.8) is 0 Å². The summed E-state index contributed by atoms with van der Waals surface area (Å²) in [6.45, 7) is -0.250. The first-order valence-electron chi connectivity index (χ1n) is 3.28. The van der Waals surface area contributed by atoms with Crippen LogP contribution in [0.15, 0.2) is 30.3 Å². The van der Waals surface area contributed by atoms with Crippen LogP contribution >= 0.6 is 0 Å². The maximum Gasteiger partial charge on any atom is 0.335 e. The van der Waals surface area contributed by atoms with Gasteiger partial charge < -0.3 is 10.2 Å². The molecule has 1 rings (SSSR count). The summed E-state index contributed by atoms with van der Waals surface area (Å²) in [7, 11) is 0. The number of benzene rings is 1. The van der Waals surface area contributed by atoms with Gasteiger partial charge in [0.1, 0.15) is 0 Å². The highest BCUT2D eigenvalue weighted by atomic mass is 16.4. The molecule has 0 aromatic heterocycles. The summed E-state index contributed by atoms with van der Waals surface area (Å²) in [5.41, 5.74) is 0.331. The molecule has 0 amide bonds. The van der Waals surface area contributed by atoms with Crippen LogP contribution in [0.1, 0.15) is 10.4 Å². The maximum absolute atomic E-state index is 10.2. The number of aromatic carboxylic acids is 1. The van der Waals surface area contributed by atoms with Crippen molar-refractivity contribution in [2.75, 3.05) is 0 Å². The van der Waals surface area contributed by atoms with E-state index in [0.29, 0.717) is 5.56 Å². The average Bonchev–Trinajstić information content (AvgIpc) is 2.23. The van der Waals surface area contributed by atoms with Gasteiger partial charge in [0.15, 0.2) is 0 Å². The van der Waals surface area contributed by atoms with Crippen molar-refractivity contribution in [2.45, 2.75) is 0 Å². The Balaban J connectivity index is 0. The Morgan fingerprint density at radius 3 is 1.79 bits per heavy atom. The van der Waals surface area contributed by atoms with Crippen LogP contribution in [0.25, 0.3) is 0 Å². The van der Waals surface area contributed by atoms with Crippen LogP contribution in [0.3, 0.4) is 0 Å². The van der Waals surface area contributed by atoms with Crippen molar-refractivity contribution in [3.05, 3.63) is 35.9 Å². The van der Waals surface area contributed by atoms with Crippen LogP contribution in [0.5, 0.6) is 0 Å². The topological polar surface area (TPSA) is 122 Å². The SMILES string of the molecule is N#N.O=C(O)c1ccccc1.O=CO. The van der Waals surface area contributed by atoms with Crippen molar-refractivity contribution >= 4 is 12.4 Å². The van der Waals surface area contributed by atoms with Crippen LogP contribution in [-0.2, 0) is 4.79 Å². The zero-order valence-electron chi connectivity index (χ0n) is 7.07. The van der Waals surface area contributed by atoms with Crippen LogP contribution in [-0.4, -0.2) is 22.7 Å². The zero-order valence-corrected chi connectivity index (χ0v) is 7.07. The van der Waals surface area contributed by atoms with Crippen molar-refractivity contribution in [1.82, 2.24) is 0 Å². The first-order chi connectivity index (χ1) is 6.72. The minimum atomic E-state index is -0.879.